The number of unbranched alkanes of at least 4 members (excludes halogenated alkanes) is 14. The van der Waals surface area contributed by atoms with Gasteiger partial charge in [-0.2, -0.15) is 0 Å². The van der Waals surface area contributed by atoms with E-state index in [2.05, 4.69) is 21.7 Å². The van der Waals surface area contributed by atoms with Gasteiger partial charge in [-0.05, 0) is 32.1 Å². The average Bonchev–Trinajstić information content (AvgIpc) is 3.36. The minimum atomic E-state index is -4.39. The Morgan fingerprint density at radius 2 is 1.62 bits per heavy atom. The Labute approximate surface area is 280 Å². The molecule has 0 bridgehead atoms. The van der Waals surface area contributed by atoms with Gasteiger partial charge in [0.1, 0.15) is 18.4 Å². The third-order valence-electron chi connectivity index (χ3n) is 8.61. The molecule has 0 spiro atoms. The highest BCUT2D eigenvalue weighted by Gasteiger charge is 2.48. The zero-order valence-corrected chi connectivity index (χ0v) is 29.8. The van der Waals surface area contributed by atoms with Crippen LogP contribution in [0.25, 0.3) is 0 Å². The Balaban J connectivity index is 1.67. The lowest BCUT2D eigenvalue weighted by atomic mass is 9.95. The van der Waals surface area contributed by atoms with Gasteiger partial charge in [0.2, 0.25) is 5.91 Å². The van der Waals surface area contributed by atoms with Gasteiger partial charge in [-0.3, -0.25) is 28.2 Å². The normalized spacial score (nSPS) is 20.9. The van der Waals surface area contributed by atoms with Crippen molar-refractivity contribution in [2.75, 3.05) is 27.4 Å². The van der Waals surface area contributed by atoms with E-state index in [1.807, 2.05) is 12.2 Å². The van der Waals surface area contributed by atoms with E-state index < -0.39 is 43.4 Å². The van der Waals surface area contributed by atoms with Crippen LogP contribution in [0.2, 0.25) is 0 Å². The second kappa shape index (κ2) is 24.1. The van der Waals surface area contributed by atoms with E-state index in [0.29, 0.717) is 19.4 Å². The van der Waals surface area contributed by atoms with Crippen LogP contribution < -0.4 is 16.6 Å². The molecule has 1 saturated heterocycles. The molecule has 3 N–H and O–H groups in total. The van der Waals surface area contributed by atoms with Crippen LogP contribution in [0.15, 0.2) is 34.0 Å². The van der Waals surface area contributed by atoms with Gasteiger partial charge in [0.05, 0.1) is 6.61 Å². The lowest BCUT2D eigenvalue weighted by molar-refractivity contribution is -0.121. The molecule has 12 nitrogen and oxygen atoms in total. The summed E-state index contributed by atoms with van der Waals surface area (Å²) < 4.78 is 35.0. The molecule has 0 aliphatic carbocycles. The minimum absolute atomic E-state index is 0.0499. The number of phosphoric ester groups is 1. The number of carbonyl (C=O) groups is 1. The molecule has 0 saturated carbocycles. The molecule has 1 aliphatic heterocycles. The maximum atomic E-state index is 12.6. The molecule has 0 radical (unpaired) electrons. The molecule has 5 atom stereocenters. The summed E-state index contributed by atoms with van der Waals surface area (Å²) in [6.45, 7) is 2.94. The first kappa shape index (κ1) is 41.1. The Kier molecular flexibility index (Phi) is 21.1. The lowest BCUT2D eigenvalue weighted by Crippen LogP contribution is -2.35. The van der Waals surface area contributed by atoms with E-state index in [0.717, 1.165) is 39.2 Å². The van der Waals surface area contributed by atoms with Crippen molar-refractivity contribution in [3.05, 3.63) is 45.3 Å². The van der Waals surface area contributed by atoms with Gasteiger partial charge in [0.15, 0.2) is 0 Å². The average molecular weight is 686 g/mol. The van der Waals surface area contributed by atoms with Gasteiger partial charge < -0.3 is 19.7 Å². The molecule has 2 unspecified atom stereocenters. The number of H-pyrrole nitrogens is 1. The predicted octanol–water partition coefficient (Wildman–Crippen LogP) is 6.54. The van der Waals surface area contributed by atoms with Crippen LogP contribution in [0, 0.1) is 5.92 Å². The molecule has 270 valence electrons. The Morgan fingerprint density at radius 3 is 2.21 bits per heavy atom. The number of aromatic amines is 1. The summed E-state index contributed by atoms with van der Waals surface area (Å²) in [4.78, 5) is 48.6. The van der Waals surface area contributed by atoms with E-state index in [4.69, 9.17) is 14.0 Å². The quantitative estimate of drug-likeness (QED) is 0.0531. The number of aromatic nitrogens is 2. The monoisotopic (exact) mass is 685 g/mol. The molecule has 1 aromatic heterocycles. The van der Waals surface area contributed by atoms with Crippen LogP contribution in [-0.4, -0.2) is 59.9 Å². The number of phosphoric acid groups is 1. The highest BCUT2D eigenvalue weighted by molar-refractivity contribution is 7.47. The smallest absolute Gasteiger partial charge is 0.382 e. The number of allylic oxidation sites excluding steroid dienone is 2. The van der Waals surface area contributed by atoms with Crippen molar-refractivity contribution in [2.24, 2.45) is 5.92 Å². The van der Waals surface area contributed by atoms with Crippen molar-refractivity contribution in [1.82, 2.24) is 14.9 Å². The van der Waals surface area contributed by atoms with Gasteiger partial charge in [0.25, 0.3) is 5.56 Å². The van der Waals surface area contributed by atoms with Crippen molar-refractivity contribution in [3.63, 3.8) is 0 Å². The number of carbonyl (C=O) groups excluding carboxylic acids is 1. The number of methoxy groups -OCH3 is 1. The first-order valence-electron chi connectivity index (χ1n) is 17.7. The molecule has 47 heavy (non-hydrogen) atoms. The van der Waals surface area contributed by atoms with Crippen molar-refractivity contribution in [1.29, 1.82) is 0 Å². The molecule has 2 rings (SSSR count). The fourth-order valence-electron chi connectivity index (χ4n) is 5.96. The highest BCUT2D eigenvalue weighted by Crippen LogP contribution is 2.50. The molecular formula is C34H60N3O9P. The Morgan fingerprint density at radius 1 is 0.979 bits per heavy atom. The van der Waals surface area contributed by atoms with Crippen LogP contribution in [0.1, 0.15) is 129 Å². The summed E-state index contributed by atoms with van der Waals surface area (Å²) in [6.07, 6.45) is 22.8. The van der Waals surface area contributed by atoms with E-state index >= 15 is 0 Å². The van der Waals surface area contributed by atoms with Crippen molar-refractivity contribution in [2.45, 2.75) is 141 Å². The molecule has 1 aliphatic rings. The number of nitrogens with zero attached hydrogens (tertiary/aromatic N) is 1. The zero-order valence-electron chi connectivity index (χ0n) is 28.9. The second-order valence-corrected chi connectivity index (χ2v) is 14.0. The summed E-state index contributed by atoms with van der Waals surface area (Å²) in [5.41, 5.74) is -1.21. The number of nitrogens with one attached hydrogen (secondary N) is 2. The molecule has 13 heteroatoms. The van der Waals surface area contributed by atoms with E-state index in [9.17, 15) is 23.8 Å². The van der Waals surface area contributed by atoms with Gasteiger partial charge in [-0.25, -0.2) is 9.36 Å². The molecular weight excluding hydrogens is 625 g/mol. The van der Waals surface area contributed by atoms with Crippen LogP contribution in [0.4, 0.5) is 0 Å². The first-order chi connectivity index (χ1) is 22.7. The molecule has 2 heterocycles. The minimum Gasteiger partial charge on any atom is -0.382 e. The van der Waals surface area contributed by atoms with Crippen LogP contribution in [0.5, 0.6) is 0 Å². The summed E-state index contributed by atoms with van der Waals surface area (Å²) in [7, 11) is -1.85. The summed E-state index contributed by atoms with van der Waals surface area (Å²) in [5, 5.41) is 3.02. The van der Waals surface area contributed by atoms with Crippen molar-refractivity contribution < 1.29 is 32.8 Å². The van der Waals surface area contributed by atoms with Gasteiger partial charge >= 0.3 is 13.5 Å². The number of ether oxygens (including phenoxy) is 2. The fraction of sp³-hybridized carbons (Fsp3) is 0.794. The van der Waals surface area contributed by atoms with Crippen molar-refractivity contribution >= 4 is 13.7 Å². The molecule has 0 aromatic carbocycles. The summed E-state index contributed by atoms with van der Waals surface area (Å²) in [5.74, 6) is -0.447. The van der Waals surface area contributed by atoms with Gasteiger partial charge in [-0.15, -0.1) is 0 Å². The molecule has 1 aromatic rings. The topological polar surface area (TPSA) is 158 Å². The second-order valence-electron chi connectivity index (χ2n) is 12.5. The largest absolute Gasteiger partial charge is 0.472 e. The molecule has 1 fully saturated rings. The van der Waals surface area contributed by atoms with Crippen molar-refractivity contribution in [3.8, 4) is 0 Å². The Bertz CT molecular complexity index is 1190. The van der Waals surface area contributed by atoms with Gasteiger partial charge in [-0.1, -0.05) is 96.1 Å². The summed E-state index contributed by atoms with van der Waals surface area (Å²) in [6, 6.07) is 1.21. The third-order valence-corrected chi connectivity index (χ3v) is 9.58. The standard InChI is InChI=1S/C34H60N3O9P/c1-4-5-6-7-8-9-10-11-12-13-14-17-20-23-30(38)35-25-21-18-15-16-19-22-28-32(46-47(41,42)44-3)29(27-43-2)45-33(28)37-26-24-31(39)36-34(37)40/h16,19,24,26,28-29,32-33H,4-15,17-18,20-23,25,27H2,1-3H3,(H,35,38)(H,41,42)(H,36,39,40)/b19-16+/t28-,29+,32?,33+/m0/s1. The fourth-order valence-corrected chi connectivity index (χ4v) is 6.65. The maximum absolute atomic E-state index is 12.6. The van der Waals surface area contributed by atoms with Crippen LogP contribution in [0.3, 0.4) is 0 Å². The Hall–Kier alpha value is -2.08. The third kappa shape index (κ3) is 16.7. The number of hydrogen-bond donors (Lipinski definition) is 3. The number of hydrogen-bond acceptors (Lipinski definition) is 8. The maximum Gasteiger partial charge on any atom is 0.472 e. The number of amides is 1. The van der Waals surface area contributed by atoms with E-state index in [1.54, 1.807) is 0 Å². The van der Waals surface area contributed by atoms with Crippen LogP contribution in [-0.2, 0) is 27.9 Å². The number of rotatable bonds is 27. The summed E-state index contributed by atoms with van der Waals surface area (Å²) >= 11 is 0. The first-order valence-corrected chi connectivity index (χ1v) is 19.2. The van der Waals surface area contributed by atoms with E-state index in [-0.39, 0.29) is 12.5 Å². The van der Waals surface area contributed by atoms with E-state index in [1.165, 1.54) is 94.6 Å². The molecule has 1 amide bonds. The van der Waals surface area contributed by atoms with Gasteiger partial charge in [0, 0.05) is 45.4 Å². The highest BCUT2D eigenvalue weighted by atomic mass is 31.2. The van der Waals surface area contributed by atoms with Crippen LogP contribution >= 0.6 is 7.82 Å². The lowest BCUT2D eigenvalue weighted by Gasteiger charge is -2.25. The predicted molar refractivity (Wildman–Crippen MR) is 183 cm³/mol. The zero-order chi connectivity index (χ0) is 34.3. The SMILES string of the molecule is CCCCCCCCCCCCCCCC(=O)NCCCC/C=C/C[C@H]1C(OP(=O)(O)OC)[C@@H](COC)O[C@H]1n1ccc(=O)[nH]c1=O.